The van der Waals surface area contributed by atoms with E-state index in [1.807, 2.05) is 18.5 Å². The first-order valence-corrected chi connectivity index (χ1v) is 11.5. The van der Waals surface area contributed by atoms with E-state index in [2.05, 4.69) is 63.4 Å². The van der Waals surface area contributed by atoms with Crippen molar-refractivity contribution >= 4 is 6.21 Å². The second kappa shape index (κ2) is 8.38. The van der Waals surface area contributed by atoms with Crippen LogP contribution in [0.15, 0.2) is 52.8 Å². The van der Waals surface area contributed by atoms with Gasteiger partial charge in [-0.25, -0.2) is 0 Å². The predicted molar refractivity (Wildman–Crippen MR) is 119 cm³/mol. The van der Waals surface area contributed by atoms with Gasteiger partial charge in [0.2, 0.25) is 0 Å². The highest BCUT2D eigenvalue weighted by Gasteiger charge is 2.37. The molecular formula is C23H34N6O. The van der Waals surface area contributed by atoms with Crippen LogP contribution in [-0.2, 0) is 4.74 Å². The zero-order valence-corrected chi connectivity index (χ0v) is 18.0. The summed E-state index contributed by atoms with van der Waals surface area (Å²) in [6.07, 6.45) is 17.2. The van der Waals surface area contributed by atoms with Gasteiger partial charge in [-0.2, -0.15) is 0 Å². The second-order valence-electron chi connectivity index (χ2n) is 8.95. The van der Waals surface area contributed by atoms with E-state index in [1.54, 1.807) is 0 Å². The van der Waals surface area contributed by atoms with Crippen LogP contribution in [0, 0.1) is 5.92 Å². The van der Waals surface area contributed by atoms with Gasteiger partial charge in [0.1, 0.15) is 17.7 Å². The van der Waals surface area contributed by atoms with Gasteiger partial charge in [0, 0.05) is 37.1 Å². The molecule has 5 atom stereocenters. The molecule has 1 saturated heterocycles. The smallest absolute Gasteiger partial charge is 0.152 e. The molecule has 0 radical (unpaired) electrons. The van der Waals surface area contributed by atoms with Gasteiger partial charge in [0.15, 0.2) is 6.17 Å². The van der Waals surface area contributed by atoms with E-state index in [1.165, 1.54) is 24.2 Å². The van der Waals surface area contributed by atoms with E-state index in [4.69, 9.17) is 4.74 Å². The Bertz CT molecular complexity index is 796. The summed E-state index contributed by atoms with van der Waals surface area (Å²) in [6.45, 7) is 6.39. The average molecular weight is 411 g/mol. The van der Waals surface area contributed by atoms with Crippen molar-refractivity contribution in [2.45, 2.75) is 70.0 Å². The van der Waals surface area contributed by atoms with Gasteiger partial charge in [0.05, 0.1) is 12.6 Å². The van der Waals surface area contributed by atoms with E-state index < -0.39 is 0 Å². The lowest BCUT2D eigenvalue weighted by molar-refractivity contribution is 0.178. The van der Waals surface area contributed by atoms with Gasteiger partial charge in [-0.05, 0) is 62.5 Å². The fraction of sp³-hybridized carbons (Fsp3) is 0.609. The summed E-state index contributed by atoms with van der Waals surface area (Å²) in [7, 11) is 0. The topological polar surface area (TPSA) is 73.0 Å². The maximum atomic E-state index is 6.14. The lowest BCUT2D eigenvalue weighted by atomic mass is 9.90. The highest BCUT2D eigenvalue weighted by Crippen LogP contribution is 2.32. The third-order valence-corrected chi connectivity index (χ3v) is 6.74. The zero-order chi connectivity index (χ0) is 20.5. The van der Waals surface area contributed by atoms with Crippen LogP contribution in [-0.4, -0.2) is 54.7 Å². The standard InChI is InChI=1S/C23H34N6O/c1-3-17-11-18(30-14-16-5-6-16)12-21(27-17)29-10-7-20-19(15(29)2)13-26-23(28-20)22-24-8-4-9-25-22/h4,8-9,11-13,15-17,20,22-24,26-28H,3,5-7,10,14H2,1-2H3. The Balaban J connectivity index is 1.28. The van der Waals surface area contributed by atoms with Crippen LogP contribution in [0.1, 0.15) is 39.5 Å². The van der Waals surface area contributed by atoms with Crippen LogP contribution in [0.3, 0.4) is 0 Å². The minimum atomic E-state index is 0.0190. The number of fused-ring (bicyclic) bond motifs is 1. The molecule has 7 heteroatoms. The van der Waals surface area contributed by atoms with E-state index in [9.17, 15) is 0 Å². The van der Waals surface area contributed by atoms with Crippen LogP contribution in [0.5, 0.6) is 0 Å². The van der Waals surface area contributed by atoms with Crippen molar-refractivity contribution in [2.24, 2.45) is 10.9 Å². The largest absolute Gasteiger partial charge is 0.493 e. The lowest BCUT2D eigenvalue weighted by Crippen LogP contribution is -2.63. The SMILES string of the molecule is CCC1C=C(OCC2CC2)C=C(N2CCC3NC(C4N=CC=CN4)NC=C3C2C)N1. The molecule has 4 aliphatic heterocycles. The van der Waals surface area contributed by atoms with Gasteiger partial charge in [-0.3, -0.25) is 10.3 Å². The third-order valence-electron chi connectivity index (χ3n) is 6.74. The number of allylic oxidation sites excluding steroid dienone is 2. The summed E-state index contributed by atoms with van der Waals surface area (Å²) in [5.41, 5.74) is 1.40. The van der Waals surface area contributed by atoms with Crippen LogP contribution in [0.4, 0.5) is 0 Å². The van der Waals surface area contributed by atoms with Crippen molar-refractivity contribution in [3.8, 4) is 0 Å². The molecule has 4 N–H and O–H groups in total. The Kier molecular flexibility index (Phi) is 5.46. The van der Waals surface area contributed by atoms with Crippen molar-refractivity contribution in [1.82, 2.24) is 26.2 Å². The summed E-state index contributed by atoms with van der Waals surface area (Å²) >= 11 is 0. The summed E-state index contributed by atoms with van der Waals surface area (Å²) in [6, 6.07) is 1.01. The van der Waals surface area contributed by atoms with Crippen molar-refractivity contribution < 1.29 is 4.74 Å². The molecule has 0 bridgehead atoms. The number of nitrogens with zero attached hydrogens (tertiary/aromatic N) is 2. The van der Waals surface area contributed by atoms with Crippen molar-refractivity contribution in [3.63, 3.8) is 0 Å². The van der Waals surface area contributed by atoms with Gasteiger partial charge in [-0.1, -0.05) is 6.92 Å². The number of hydrogen-bond donors (Lipinski definition) is 4. The molecular weight excluding hydrogens is 376 g/mol. The van der Waals surface area contributed by atoms with Crippen molar-refractivity contribution in [3.05, 3.63) is 47.8 Å². The van der Waals surface area contributed by atoms with Crippen molar-refractivity contribution in [2.75, 3.05) is 13.2 Å². The number of aliphatic imine (C=N–C) groups is 1. The summed E-state index contributed by atoms with van der Waals surface area (Å²) in [5, 5.41) is 14.3. The summed E-state index contributed by atoms with van der Waals surface area (Å²) in [4.78, 5) is 7.02. The first-order chi connectivity index (χ1) is 14.7. The molecule has 1 aliphatic carbocycles. The normalized spacial score (nSPS) is 35.2. The molecule has 0 aromatic carbocycles. The Morgan fingerprint density at radius 3 is 2.90 bits per heavy atom. The van der Waals surface area contributed by atoms with Crippen LogP contribution in [0.2, 0.25) is 0 Å². The maximum Gasteiger partial charge on any atom is 0.152 e. The van der Waals surface area contributed by atoms with Gasteiger partial charge < -0.3 is 25.6 Å². The van der Waals surface area contributed by atoms with E-state index in [0.717, 1.165) is 37.7 Å². The highest BCUT2D eigenvalue weighted by atomic mass is 16.5. The number of likely N-dealkylation sites (tertiary alicyclic amines) is 1. The summed E-state index contributed by atoms with van der Waals surface area (Å²) in [5.74, 6) is 2.98. The van der Waals surface area contributed by atoms with Crippen molar-refractivity contribution in [1.29, 1.82) is 0 Å². The minimum Gasteiger partial charge on any atom is -0.493 e. The van der Waals surface area contributed by atoms with E-state index >= 15 is 0 Å². The van der Waals surface area contributed by atoms with Gasteiger partial charge in [0.25, 0.3) is 0 Å². The molecule has 0 aromatic heterocycles. The highest BCUT2D eigenvalue weighted by molar-refractivity contribution is 5.71. The summed E-state index contributed by atoms with van der Waals surface area (Å²) < 4.78 is 6.14. The molecule has 162 valence electrons. The fourth-order valence-electron chi connectivity index (χ4n) is 4.66. The molecule has 0 amide bonds. The fourth-order valence-corrected chi connectivity index (χ4v) is 4.66. The Hall–Kier alpha value is -2.41. The molecule has 5 aliphatic rings. The Labute approximate surface area is 179 Å². The number of nitrogens with one attached hydrogen (secondary N) is 4. The van der Waals surface area contributed by atoms with E-state index in [-0.39, 0.29) is 12.3 Å². The van der Waals surface area contributed by atoms with Crippen LogP contribution in [0.25, 0.3) is 0 Å². The second-order valence-corrected chi connectivity index (χ2v) is 8.95. The number of dihydropyridines is 1. The number of hydrogen-bond acceptors (Lipinski definition) is 7. The molecule has 0 spiro atoms. The number of piperidine rings is 1. The Morgan fingerprint density at radius 2 is 2.13 bits per heavy atom. The maximum absolute atomic E-state index is 6.14. The molecule has 2 fully saturated rings. The molecule has 0 aromatic rings. The quantitative estimate of drug-likeness (QED) is 0.536. The molecule has 1 saturated carbocycles. The first-order valence-electron chi connectivity index (χ1n) is 11.5. The van der Waals surface area contributed by atoms with Gasteiger partial charge in [-0.15, -0.1) is 0 Å². The van der Waals surface area contributed by atoms with E-state index in [0.29, 0.717) is 18.1 Å². The van der Waals surface area contributed by atoms with Crippen LogP contribution < -0.4 is 21.3 Å². The van der Waals surface area contributed by atoms with Crippen LogP contribution >= 0.6 is 0 Å². The Morgan fingerprint density at radius 1 is 1.23 bits per heavy atom. The monoisotopic (exact) mass is 410 g/mol. The molecule has 30 heavy (non-hydrogen) atoms. The van der Waals surface area contributed by atoms with Gasteiger partial charge >= 0.3 is 0 Å². The first kappa shape index (κ1) is 19.5. The number of rotatable bonds is 6. The lowest BCUT2D eigenvalue weighted by Gasteiger charge is -2.47. The average Bonchev–Trinajstić information content (AvgIpc) is 3.63. The molecule has 4 heterocycles. The minimum absolute atomic E-state index is 0.0190. The molecule has 5 rings (SSSR count). The zero-order valence-electron chi connectivity index (χ0n) is 18.0. The third kappa shape index (κ3) is 4.08. The molecule has 7 nitrogen and oxygen atoms in total. The molecule has 5 unspecified atom stereocenters. The predicted octanol–water partition coefficient (Wildman–Crippen LogP) is 1.90. The number of ether oxygens (including phenoxy) is 1.